The molecule has 2 heterocycles. The van der Waals surface area contributed by atoms with E-state index in [1.54, 1.807) is 0 Å². The van der Waals surface area contributed by atoms with Crippen LogP contribution in [0.4, 0.5) is 0 Å². The quantitative estimate of drug-likeness (QED) is 0.672. The Morgan fingerprint density at radius 1 is 1.24 bits per heavy atom. The summed E-state index contributed by atoms with van der Waals surface area (Å²) in [5.41, 5.74) is 0. The summed E-state index contributed by atoms with van der Waals surface area (Å²) in [4.78, 5) is 14.1. The number of carbonyl (C=O) groups is 1. The largest absolute Gasteiger partial charge is 0.342 e. The Morgan fingerprint density at radius 3 is 2.41 bits per heavy atom. The van der Waals surface area contributed by atoms with Crippen LogP contribution in [-0.4, -0.2) is 23.9 Å². The maximum atomic E-state index is 12.0. The fourth-order valence-electron chi connectivity index (χ4n) is 3.63. The molecule has 1 amide bonds. The second-order valence-corrected chi connectivity index (χ2v) is 6.31. The van der Waals surface area contributed by atoms with Crippen LogP contribution in [0, 0.1) is 23.7 Å². The minimum absolute atomic E-state index is 0.172. The molecule has 1 aliphatic carbocycles. The topological polar surface area (TPSA) is 20.3 Å². The predicted octanol–water partition coefficient (Wildman–Crippen LogP) is 3.32. The molecule has 3 fully saturated rings. The first kappa shape index (κ1) is 12.9. The van der Waals surface area contributed by atoms with E-state index in [0.717, 1.165) is 30.8 Å². The lowest BCUT2D eigenvalue weighted by Gasteiger charge is -2.54. The minimum Gasteiger partial charge on any atom is -0.342 e. The Morgan fingerprint density at radius 2 is 1.88 bits per heavy atom. The molecule has 3 rings (SSSR count). The number of hydrogen-bond donors (Lipinski definition) is 0. The number of carbonyl (C=O) groups excluding carboxylic acids is 1. The average Bonchev–Trinajstić information content (AvgIpc) is 2.33. The molecule has 0 spiro atoms. The monoisotopic (exact) mass is 237 g/mol. The van der Waals surface area contributed by atoms with E-state index in [4.69, 9.17) is 0 Å². The molecule has 2 bridgehead atoms. The first-order valence-corrected chi connectivity index (χ1v) is 7.42. The van der Waals surface area contributed by atoms with E-state index < -0.39 is 0 Å². The van der Waals surface area contributed by atoms with Crippen molar-refractivity contribution in [1.82, 2.24) is 4.90 Å². The summed E-state index contributed by atoms with van der Waals surface area (Å²) in [6, 6.07) is 0. The van der Waals surface area contributed by atoms with Crippen molar-refractivity contribution in [2.45, 2.75) is 52.9 Å². The van der Waals surface area contributed by atoms with Gasteiger partial charge < -0.3 is 4.90 Å². The zero-order valence-corrected chi connectivity index (χ0v) is 11.6. The zero-order valence-electron chi connectivity index (χ0n) is 11.6. The van der Waals surface area contributed by atoms with Gasteiger partial charge in [-0.1, -0.05) is 40.0 Å². The first-order chi connectivity index (χ1) is 8.13. The van der Waals surface area contributed by atoms with E-state index >= 15 is 0 Å². The van der Waals surface area contributed by atoms with Gasteiger partial charge in [-0.3, -0.25) is 4.79 Å². The average molecular weight is 237 g/mol. The van der Waals surface area contributed by atoms with Crippen LogP contribution in [0.15, 0.2) is 0 Å². The van der Waals surface area contributed by atoms with Gasteiger partial charge in [-0.25, -0.2) is 0 Å². The zero-order chi connectivity index (χ0) is 12.4. The second-order valence-electron chi connectivity index (χ2n) is 6.31. The van der Waals surface area contributed by atoms with E-state index in [1.165, 1.54) is 32.1 Å². The predicted molar refractivity (Wildman–Crippen MR) is 70.6 cm³/mol. The molecule has 2 nitrogen and oxygen atoms in total. The third kappa shape index (κ3) is 2.66. The molecule has 2 atom stereocenters. The number of nitrogens with zero attached hydrogens (tertiary/aromatic N) is 1. The molecule has 0 aromatic heterocycles. The normalized spacial score (nSPS) is 31.5. The lowest BCUT2D eigenvalue weighted by Crippen LogP contribution is -2.57. The summed E-state index contributed by atoms with van der Waals surface area (Å²) < 4.78 is 0. The standard InChI is InChI=1S/C15H27NO/c1-4-5-6-7-14-12-8-13(14)10-16(9-12)15(17)11(2)3/h11-14H,4-10H2,1-3H3. The molecule has 0 aromatic carbocycles. The highest BCUT2D eigenvalue weighted by atomic mass is 16.2. The molecule has 2 saturated heterocycles. The molecule has 1 saturated carbocycles. The van der Waals surface area contributed by atoms with Crippen molar-refractivity contribution >= 4 is 5.91 Å². The van der Waals surface area contributed by atoms with Crippen molar-refractivity contribution < 1.29 is 4.79 Å². The van der Waals surface area contributed by atoms with Crippen molar-refractivity contribution in [2.75, 3.05) is 13.1 Å². The fraction of sp³-hybridized carbons (Fsp3) is 0.933. The van der Waals surface area contributed by atoms with Gasteiger partial charge in [0.1, 0.15) is 0 Å². The third-order valence-corrected chi connectivity index (χ3v) is 4.67. The number of piperidine rings is 2. The second kappa shape index (κ2) is 5.41. The molecule has 0 radical (unpaired) electrons. The Hall–Kier alpha value is -0.530. The highest BCUT2D eigenvalue weighted by Gasteiger charge is 2.46. The van der Waals surface area contributed by atoms with Crippen LogP contribution in [-0.2, 0) is 4.79 Å². The van der Waals surface area contributed by atoms with Crippen molar-refractivity contribution in [3.63, 3.8) is 0 Å². The van der Waals surface area contributed by atoms with Crippen molar-refractivity contribution in [3.8, 4) is 0 Å². The van der Waals surface area contributed by atoms with Gasteiger partial charge in [0.15, 0.2) is 0 Å². The van der Waals surface area contributed by atoms with Gasteiger partial charge in [0, 0.05) is 19.0 Å². The molecule has 3 aliphatic rings. The van der Waals surface area contributed by atoms with Crippen LogP contribution in [0.25, 0.3) is 0 Å². The Labute approximate surface area is 106 Å². The van der Waals surface area contributed by atoms with Gasteiger partial charge in [0.2, 0.25) is 5.91 Å². The summed E-state index contributed by atoms with van der Waals surface area (Å²) in [5.74, 6) is 3.14. The summed E-state index contributed by atoms with van der Waals surface area (Å²) in [5, 5.41) is 0. The molecule has 98 valence electrons. The van der Waals surface area contributed by atoms with E-state index in [-0.39, 0.29) is 5.92 Å². The molecule has 17 heavy (non-hydrogen) atoms. The summed E-state index contributed by atoms with van der Waals surface area (Å²) >= 11 is 0. The van der Waals surface area contributed by atoms with Gasteiger partial charge in [0.25, 0.3) is 0 Å². The van der Waals surface area contributed by atoms with Crippen LogP contribution in [0.3, 0.4) is 0 Å². The van der Waals surface area contributed by atoms with Crippen LogP contribution >= 0.6 is 0 Å². The van der Waals surface area contributed by atoms with Crippen molar-refractivity contribution in [3.05, 3.63) is 0 Å². The van der Waals surface area contributed by atoms with Crippen LogP contribution in [0.2, 0.25) is 0 Å². The lowest BCUT2D eigenvalue weighted by molar-refractivity contribution is -0.145. The van der Waals surface area contributed by atoms with E-state index in [1.807, 2.05) is 13.8 Å². The fourth-order valence-corrected chi connectivity index (χ4v) is 3.63. The van der Waals surface area contributed by atoms with Crippen LogP contribution in [0.1, 0.15) is 52.9 Å². The smallest absolute Gasteiger partial charge is 0.225 e. The molecule has 2 heteroatoms. The number of rotatable bonds is 5. The maximum absolute atomic E-state index is 12.0. The first-order valence-electron chi connectivity index (χ1n) is 7.42. The lowest BCUT2D eigenvalue weighted by atomic mass is 9.60. The molecule has 2 aliphatic heterocycles. The third-order valence-electron chi connectivity index (χ3n) is 4.67. The molecule has 2 unspecified atom stereocenters. The molecule has 0 aromatic rings. The van der Waals surface area contributed by atoms with Gasteiger partial charge in [-0.05, 0) is 30.6 Å². The number of amides is 1. The molecule has 0 N–H and O–H groups in total. The highest BCUT2D eigenvalue weighted by Crippen LogP contribution is 2.48. The maximum Gasteiger partial charge on any atom is 0.225 e. The Kier molecular flexibility index (Phi) is 4.11. The van der Waals surface area contributed by atoms with Gasteiger partial charge >= 0.3 is 0 Å². The highest BCUT2D eigenvalue weighted by molar-refractivity contribution is 5.78. The number of fused-ring (bicyclic) bond motifs is 2. The van der Waals surface area contributed by atoms with Crippen molar-refractivity contribution in [2.24, 2.45) is 23.7 Å². The van der Waals surface area contributed by atoms with Crippen LogP contribution in [0.5, 0.6) is 0 Å². The molecular weight excluding hydrogens is 210 g/mol. The summed E-state index contributed by atoms with van der Waals surface area (Å²) in [6.07, 6.45) is 6.89. The van der Waals surface area contributed by atoms with Gasteiger partial charge in [-0.2, -0.15) is 0 Å². The summed E-state index contributed by atoms with van der Waals surface area (Å²) in [7, 11) is 0. The van der Waals surface area contributed by atoms with Crippen LogP contribution < -0.4 is 0 Å². The van der Waals surface area contributed by atoms with Gasteiger partial charge in [-0.15, -0.1) is 0 Å². The molecular formula is C15H27NO. The van der Waals surface area contributed by atoms with E-state index in [2.05, 4.69) is 11.8 Å². The number of unbranched alkanes of at least 4 members (excludes halogenated alkanes) is 2. The van der Waals surface area contributed by atoms with E-state index in [9.17, 15) is 4.79 Å². The minimum atomic E-state index is 0.172. The Bertz CT molecular complexity index is 262. The van der Waals surface area contributed by atoms with Crippen molar-refractivity contribution in [1.29, 1.82) is 0 Å². The van der Waals surface area contributed by atoms with E-state index in [0.29, 0.717) is 5.91 Å². The SMILES string of the molecule is CCCCCC1C2CC1CN(C(=O)C(C)C)C2. The summed E-state index contributed by atoms with van der Waals surface area (Å²) in [6.45, 7) is 8.39. The Balaban J connectivity index is 1.79. The van der Waals surface area contributed by atoms with Gasteiger partial charge in [0.05, 0.1) is 0 Å². The number of hydrogen-bond acceptors (Lipinski definition) is 1.